The molecule has 1 aromatic heterocycles. The molecule has 0 aliphatic heterocycles. The molecular weight excluding hydrogens is 270 g/mol. The first kappa shape index (κ1) is 13.2. The highest BCUT2D eigenvalue weighted by molar-refractivity contribution is 7.10. The van der Waals surface area contributed by atoms with Gasteiger partial charge in [-0.05, 0) is 23.9 Å². The van der Waals surface area contributed by atoms with E-state index < -0.39 is 0 Å². The standard InChI is InChI=1S/C16H17NO2S/c1-19-14-6-3-2-5-11(14)10-17-16(18)13-9-12(13)15-7-4-8-20-15/h2-8,12-13H,9-10H2,1H3,(H,17,18). The third-order valence-corrected chi connectivity index (χ3v) is 4.69. The van der Waals surface area contributed by atoms with Gasteiger partial charge in [-0.25, -0.2) is 0 Å². The van der Waals surface area contributed by atoms with E-state index in [1.165, 1.54) is 4.88 Å². The van der Waals surface area contributed by atoms with Gasteiger partial charge < -0.3 is 10.1 Å². The van der Waals surface area contributed by atoms with Crippen molar-refractivity contribution < 1.29 is 9.53 Å². The minimum absolute atomic E-state index is 0.142. The fourth-order valence-corrected chi connectivity index (χ4v) is 3.37. The van der Waals surface area contributed by atoms with Crippen molar-refractivity contribution in [3.8, 4) is 5.75 Å². The zero-order valence-corrected chi connectivity index (χ0v) is 12.2. The van der Waals surface area contributed by atoms with Gasteiger partial charge in [0.05, 0.1) is 7.11 Å². The quantitative estimate of drug-likeness (QED) is 0.917. The number of para-hydroxylation sites is 1. The van der Waals surface area contributed by atoms with Crippen molar-refractivity contribution in [2.45, 2.75) is 18.9 Å². The molecular formula is C16H17NO2S. The summed E-state index contributed by atoms with van der Waals surface area (Å²) >= 11 is 1.74. The van der Waals surface area contributed by atoms with Crippen molar-refractivity contribution in [2.24, 2.45) is 5.92 Å². The zero-order chi connectivity index (χ0) is 13.9. The monoisotopic (exact) mass is 287 g/mol. The van der Waals surface area contributed by atoms with E-state index in [0.717, 1.165) is 17.7 Å². The maximum Gasteiger partial charge on any atom is 0.224 e. The second kappa shape index (κ2) is 5.67. The third-order valence-electron chi connectivity index (χ3n) is 3.68. The third kappa shape index (κ3) is 2.70. The molecule has 0 spiro atoms. The lowest BCUT2D eigenvalue weighted by atomic mass is 10.2. The Kier molecular flexibility index (Phi) is 3.74. The van der Waals surface area contributed by atoms with Gasteiger partial charge in [-0.1, -0.05) is 24.3 Å². The van der Waals surface area contributed by atoms with Crippen LogP contribution >= 0.6 is 11.3 Å². The fourth-order valence-electron chi connectivity index (χ4n) is 2.46. The number of carbonyl (C=O) groups excluding carboxylic acids is 1. The SMILES string of the molecule is COc1ccccc1CNC(=O)C1CC1c1cccs1. The smallest absolute Gasteiger partial charge is 0.224 e. The number of hydrogen-bond donors (Lipinski definition) is 1. The van der Waals surface area contributed by atoms with Crippen LogP contribution in [0.15, 0.2) is 41.8 Å². The summed E-state index contributed by atoms with van der Waals surface area (Å²) in [6, 6.07) is 11.9. The van der Waals surface area contributed by atoms with E-state index in [1.54, 1.807) is 18.4 Å². The summed E-state index contributed by atoms with van der Waals surface area (Å²) in [6.07, 6.45) is 0.971. The lowest BCUT2D eigenvalue weighted by Crippen LogP contribution is -2.25. The topological polar surface area (TPSA) is 38.3 Å². The molecule has 0 bridgehead atoms. The maximum atomic E-state index is 12.1. The first-order valence-corrected chi connectivity index (χ1v) is 7.60. The molecule has 3 rings (SSSR count). The minimum Gasteiger partial charge on any atom is -0.496 e. The predicted octanol–water partition coefficient (Wildman–Crippen LogP) is 3.18. The molecule has 2 aromatic rings. The van der Waals surface area contributed by atoms with Gasteiger partial charge in [0, 0.05) is 28.8 Å². The maximum absolute atomic E-state index is 12.1. The van der Waals surface area contributed by atoms with Crippen LogP contribution in [0.4, 0.5) is 0 Å². The second-order valence-corrected chi connectivity index (χ2v) is 5.97. The van der Waals surface area contributed by atoms with Gasteiger partial charge in [0.2, 0.25) is 5.91 Å². The second-order valence-electron chi connectivity index (χ2n) is 4.99. The summed E-state index contributed by atoms with van der Waals surface area (Å²) in [5.41, 5.74) is 1.01. The highest BCUT2D eigenvalue weighted by Crippen LogP contribution is 2.49. The summed E-state index contributed by atoms with van der Waals surface area (Å²) in [7, 11) is 1.65. The molecule has 4 heteroatoms. The van der Waals surface area contributed by atoms with Crippen molar-refractivity contribution in [2.75, 3.05) is 7.11 Å². The van der Waals surface area contributed by atoms with Gasteiger partial charge in [-0.3, -0.25) is 4.79 Å². The van der Waals surface area contributed by atoms with E-state index in [0.29, 0.717) is 12.5 Å². The Balaban J connectivity index is 1.56. The van der Waals surface area contributed by atoms with Gasteiger partial charge in [-0.15, -0.1) is 11.3 Å². The van der Waals surface area contributed by atoms with Crippen molar-refractivity contribution >= 4 is 17.2 Å². The van der Waals surface area contributed by atoms with Crippen LogP contribution in [0.2, 0.25) is 0 Å². The summed E-state index contributed by atoms with van der Waals surface area (Å²) in [4.78, 5) is 13.5. The van der Waals surface area contributed by atoms with E-state index >= 15 is 0 Å². The van der Waals surface area contributed by atoms with E-state index in [2.05, 4.69) is 16.8 Å². The van der Waals surface area contributed by atoms with Gasteiger partial charge >= 0.3 is 0 Å². The van der Waals surface area contributed by atoms with Crippen LogP contribution in [0, 0.1) is 5.92 Å². The molecule has 1 aliphatic carbocycles. The van der Waals surface area contributed by atoms with Crippen LogP contribution in [-0.2, 0) is 11.3 Å². The van der Waals surface area contributed by atoms with E-state index in [4.69, 9.17) is 4.74 Å². The van der Waals surface area contributed by atoms with E-state index in [1.807, 2.05) is 30.3 Å². The zero-order valence-electron chi connectivity index (χ0n) is 11.3. The molecule has 1 heterocycles. The largest absolute Gasteiger partial charge is 0.496 e. The Hall–Kier alpha value is -1.81. The molecule has 1 N–H and O–H groups in total. The Morgan fingerprint density at radius 2 is 2.20 bits per heavy atom. The van der Waals surface area contributed by atoms with Gasteiger partial charge in [0.25, 0.3) is 0 Å². The molecule has 1 amide bonds. The molecule has 0 saturated heterocycles. The fraction of sp³-hybridized carbons (Fsp3) is 0.312. The molecule has 1 saturated carbocycles. The number of carbonyl (C=O) groups is 1. The Bertz CT molecular complexity index is 594. The molecule has 1 fully saturated rings. The normalized spacial score (nSPS) is 20.4. The molecule has 1 aliphatic rings. The Morgan fingerprint density at radius 3 is 2.95 bits per heavy atom. The number of benzene rings is 1. The number of ether oxygens (including phenoxy) is 1. The molecule has 20 heavy (non-hydrogen) atoms. The molecule has 2 unspecified atom stereocenters. The van der Waals surface area contributed by atoms with Crippen molar-refractivity contribution in [1.29, 1.82) is 0 Å². The van der Waals surface area contributed by atoms with Crippen LogP contribution in [0.3, 0.4) is 0 Å². The number of rotatable bonds is 5. The number of thiophene rings is 1. The molecule has 1 aromatic carbocycles. The molecule has 3 nitrogen and oxygen atoms in total. The number of methoxy groups -OCH3 is 1. The highest BCUT2D eigenvalue weighted by atomic mass is 32.1. The van der Waals surface area contributed by atoms with Crippen LogP contribution in [0.1, 0.15) is 22.8 Å². The van der Waals surface area contributed by atoms with Crippen LogP contribution in [-0.4, -0.2) is 13.0 Å². The summed E-state index contributed by atoms with van der Waals surface area (Å²) < 4.78 is 5.28. The van der Waals surface area contributed by atoms with Crippen molar-refractivity contribution in [3.05, 3.63) is 52.2 Å². The Morgan fingerprint density at radius 1 is 1.35 bits per heavy atom. The number of amides is 1. The van der Waals surface area contributed by atoms with E-state index in [9.17, 15) is 4.79 Å². The highest BCUT2D eigenvalue weighted by Gasteiger charge is 2.44. The van der Waals surface area contributed by atoms with Crippen molar-refractivity contribution in [1.82, 2.24) is 5.32 Å². The first-order chi connectivity index (χ1) is 9.79. The van der Waals surface area contributed by atoms with Gasteiger partial charge in [0.15, 0.2) is 0 Å². The number of nitrogens with one attached hydrogen (secondary N) is 1. The van der Waals surface area contributed by atoms with E-state index in [-0.39, 0.29) is 11.8 Å². The minimum atomic E-state index is 0.142. The molecule has 104 valence electrons. The average molecular weight is 287 g/mol. The summed E-state index contributed by atoms with van der Waals surface area (Å²) in [6.45, 7) is 0.524. The van der Waals surface area contributed by atoms with Crippen LogP contribution < -0.4 is 10.1 Å². The summed E-state index contributed by atoms with van der Waals surface area (Å²) in [5.74, 6) is 1.53. The lowest BCUT2D eigenvalue weighted by molar-refractivity contribution is -0.122. The first-order valence-electron chi connectivity index (χ1n) is 6.72. The molecule has 2 atom stereocenters. The number of hydrogen-bond acceptors (Lipinski definition) is 3. The van der Waals surface area contributed by atoms with Gasteiger partial charge in [0.1, 0.15) is 5.75 Å². The van der Waals surface area contributed by atoms with Crippen molar-refractivity contribution in [3.63, 3.8) is 0 Å². The van der Waals surface area contributed by atoms with Crippen LogP contribution in [0.25, 0.3) is 0 Å². The average Bonchev–Trinajstić information content (AvgIpc) is 3.11. The van der Waals surface area contributed by atoms with Crippen LogP contribution in [0.5, 0.6) is 5.75 Å². The Labute approximate surface area is 122 Å². The van der Waals surface area contributed by atoms with Gasteiger partial charge in [-0.2, -0.15) is 0 Å². The summed E-state index contributed by atoms with van der Waals surface area (Å²) in [5, 5.41) is 5.08. The lowest BCUT2D eigenvalue weighted by Gasteiger charge is -2.09. The predicted molar refractivity (Wildman–Crippen MR) is 80.0 cm³/mol. The molecule has 0 radical (unpaired) electrons.